The molecule has 0 spiro atoms. The van der Waals surface area contributed by atoms with E-state index in [-0.39, 0.29) is 12.5 Å². The van der Waals surface area contributed by atoms with E-state index >= 15 is 0 Å². The molecule has 2 aromatic heterocycles. The first-order chi connectivity index (χ1) is 15.0. The number of aryl methyl sites for hydroxylation is 1. The fourth-order valence-corrected chi connectivity index (χ4v) is 3.18. The molecule has 0 unspecified atom stereocenters. The quantitative estimate of drug-likeness (QED) is 0.476. The number of methoxy groups -OCH3 is 1. The molecule has 0 bridgehead atoms. The number of nitrogens with zero attached hydrogens (tertiary/aromatic N) is 2. The van der Waals surface area contributed by atoms with Crippen LogP contribution in [0.3, 0.4) is 0 Å². The van der Waals surface area contributed by atoms with E-state index in [1.54, 1.807) is 42.5 Å². The van der Waals surface area contributed by atoms with E-state index in [0.717, 1.165) is 16.9 Å². The Morgan fingerprint density at radius 3 is 2.68 bits per heavy atom. The molecular formula is C24H21N3O4. The molecule has 0 aliphatic carbocycles. The summed E-state index contributed by atoms with van der Waals surface area (Å²) in [5, 5.41) is 2.86. The Kier molecular flexibility index (Phi) is 5.66. The monoisotopic (exact) mass is 415 g/mol. The zero-order chi connectivity index (χ0) is 21.8. The molecule has 0 saturated heterocycles. The van der Waals surface area contributed by atoms with Crippen molar-refractivity contribution < 1.29 is 19.1 Å². The summed E-state index contributed by atoms with van der Waals surface area (Å²) < 4.78 is 12.6. The SMILES string of the molecule is COC(=O)c1ccc(C)c(NC(=O)c2ccccc2OCc2cn3ccccc3n2)c1. The van der Waals surface area contributed by atoms with E-state index in [1.165, 1.54) is 7.11 Å². The Bertz CT molecular complexity index is 1230. The molecule has 1 amide bonds. The smallest absolute Gasteiger partial charge is 0.337 e. The van der Waals surface area contributed by atoms with Gasteiger partial charge in [-0.2, -0.15) is 0 Å². The molecule has 0 saturated carbocycles. The number of anilines is 1. The summed E-state index contributed by atoms with van der Waals surface area (Å²) in [4.78, 5) is 29.3. The van der Waals surface area contributed by atoms with Gasteiger partial charge in [-0.15, -0.1) is 0 Å². The Hall–Kier alpha value is -4.13. The van der Waals surface area contributed by atoms with Crippen LogP contribution in [0.2, 0.25) is 0 Å². The van der Waals surface area contributed by atoms with Gasteiger partial charge in [-0.3, -0.25) is 4.79 Å². The highest BCUT2D eigenvalue weighted by atomic mass is 16.5. The van der Waals surface area contributed by atoms with Gasteiger partial charge in [0.1, 0.15) is 18.0 Å². The maximum atomic E-state index is 13.0. The van der Waals surface area contributed by atoms with Crippen LogP contribution in [0.5, 0.6) is 5.75 Å². The molecule has 156 valence electrons. The summed E-state index contributed by atoms with van der Waals surface area (Å²) in [6.07, 6.45) is 3.80. The Labute approximate surface area is 179 Å². The van der Waals surface area contributed by atoms with Gasteiger partial charge < -0.3 is 19.2 Å². The average Bonchev–Trinajstić information content (AvgIpc) is 3.22. The van der Waals surface area contributed by atoms with Crippen molar-refractivity contribution in [1.29, 1.82) is 0 Å². The highest BCUT2D eigenvalue weighted by Gasteiger charge is 2.15. The van der Waals surface area contributed by atoms with Crippen molar-refractivity contribution in [2.75, 3.05) is 12.4 Å². The van der Waals surface area contributed by atoms with E-state index in [1.807, 2.05) is 41.9 Å². The number of ether oxygens (including phenoxy) is 2. The van der Waals surface area contributed by atoms with Gasteiger partial charge in [0.15, 0.2) is 0 Å². The van der Waals surface area contributed by atoms with Gasteiger partial charge in [0.2, 0.25) is 0 Å². The molecule has 1 N–H and O–H groups in total. The maximum absolute atomic E-state index is 13.0. The molecule has 31 heavy (non-hydrogen) atoms. The van der Waals surface area contributed by atoms with Crippen LogP contribution in [-0.4, -0.2) is 28.4 Å². The number of para-hydroxylation sites is 1. The van der Waals surface area contributed by atoms with Gasteiger partial charge in [0.05, 0.1) is 23.9 Å². The molecule has 2 heterocycles. The first kappa shape index (κ1) is 20.2. The number of imidazole rings is 1. The number of amides is 1. The molecule has 0 aliphatic rings. The number of carbonyl (C=O) groups is 2. The predicted octanol–water partition coefficient (Wildman–Crippen LogP) is 4.26. The first-order valence-corrected chi connectivity index (χ1v) is 9.70. The van der Waals surface area contributed by atoms with Gasteiger partial charge in [-0.25, -0.2) is 9.78 Å². The normalized spacial score (nSPS) is 10.6. The van der Waals surface area contributed by atoms with Crippen LogP contribution >= 0.6 is 0 Å². The lowest BCUT2D eigenvalue weighted by molar-refractivity contribution is 0.0600. The average molecular weight is 415 g/mol. The van der Waals surface area contributed by atoms with Crippen LogP contribution in [0.25, 0.3) is 5.65 Å². The highest BCUT2D eigenvalue weighted by Crippen LogP contribution is 2.23. The largest absolute Gasteiger partial charge is 0.486 e. The minimum absolute atomic E-state index is 0.225. The number of rotatable bonds is 6. The summed E-state index contributed by atoms with van der Waals surface area (Å²) in [7, 11) is 1.32. The molecule has 4 rings (SSSR count). The third-order valence-corrected chi connectivity index (χ3v) is 4.83. The fraction of sp³-hybridized carbons (Fsp3) is 0.125. The molecule has 0 fully saturated rings. The molecular weight excluding hydrogens is 394 g/mol. The standard InChI is InChI=1S/C24H21N3O4/c1-16-10-11-17(24(29)30-2)13-20(16)26-23(28)19-7-3-4-8-21(19)31-15-18-14-27-12-6-5-9-22(27)25-18/h3-14H,15H2,1-2H3,(H,26,28). The van der Waals surface area contributed by atoms with Crippen molar-refractivity contribution in [3.63, 3.8) is 0 Å². The summed E-state index contributed by atoms with van der Waals surface area (Å²) in [6, 6.07) is 17.8. The van der Waals surface area contributed by atoms with Gasteiger partial charge in [0.25, 0.3) is 5.91 Å². The van der Waals surface area contributed by atoms with Crippen LogP contribution in [0.4, 0.5) is 5.69 Å². The number of hydrogen-bond donors (Lipinski definition) is 1. The van der Waals surface area contributed by atoms with Gasteiger partial charge in [-0.1, -0.05) is 24.3 Å². The van der Waals surface area contributed by atoms with Crippen molar-refractivity contribution in [2.45, 2.75) is 13.5 Å². The lowest BCUT2D eigenvalue weighted by Gasteiger charge is -2.13. The zero-order valence-corrected chi connectivity index (χ0v) is 17.2. The van der Waals surface area contributed by atoms with Crippen LogP contribution in [0.1, 0.15) is 32.0 Å². The third kappa shape index (κ3) is 4.40. The number of benzene rings is 2. The Balaban J connectivity index is 1.52. The van der Waals surface area contributed by atoms with Crippen molar-refractivity contribution in [2.24, 2.45) is 0 Å². The van der Waals surface area contributed by atoms with Crippen LogP contribution < -0.4 is 10.1 Å². The molecule has 0 aliphatic heterocycles. The number of hydrogen-bond acceptors (Lipinski definition) is 5. The van der Waals surface area contributed by atoms with Crippen molar-refractivity contribution >= 4 is 23.2 Å². The minimum atomic E-state index is -0.466. The second kappa shape index (κ2) is 8.71. The highest BCUT2D eigenvalue weighted by molar-refractivity contribution is 6.07. The number of pyridine rings is 1. The number of fused-ring (bicyclic) bond motifs is 1. The van der Waals surface area contributed by atoms with E-state index in [2.05, 4.69) is 10.3 Å². The van der Waals surface area contributed by atoms with E-state index in [9.17, 15) is 9.59 Å². The molecule has 7 heteroatoms. The Morgan fingerprint density at radius 2 is 1.87 bits per heavy atom. The molecule has 2 aromatic carbocycles. The minimum Gasteiger partial charge on any atom is -0.486 e. The topological polar surface area (TPSA) is 81.9 Å². The van der Waals surface area contributed by atoms with Crippen LogP contribution in [0, 0.1) is 6.92 Å². The maximum Gasteiger partial charge on any atom is 0.337 e. The summed E-state index contributed by atoms with van der Waals surface area (Å²) in [6.45, 7) is 2.07. The van der Waals surface area contributed by atoms with Crippen molar-refractivity contribution in [3.8, 4) is 5.75 Å². The summed E-state index contributed by atoms with van der Waals surface area (Å²) >= 11 is 0. The zero-order valence-electron chi connectivity index (χ0n) is 17.2. The number of carbonyl (C=O) groups excluding carboxylic acids is 2. The predicted molar refractivity (Wildman–Crippen MR) is 116 cm³/mol. The van der Waals surface area contributed by atoms with E-state index < -0.39 is 5.97 Å². The van der Waals surface area contributed by atoms with Crippen LogP contribution in [0.15, 0.2) is 73.1 Å². The first-order valence-electron chi connectivity index (χ1n) is 9.70. The second-order valence-electron chi connectivity index (χ2n) is 6.96. The van der Waals surface area contributed by atoms with Gasteiger partial charge in [-0.05, 0) is 48.9 Å². The second-order valence-corrected chi connectivity index (χ2v) is 6.96. The van der Waals surface area contributed by atoms with Gasteiger partial charge in [0, 0.05) is 18.1 Å². The van der Waals surface area contributed by atoms with Crippen molar-refractivity contribution in [1.82, 2.24) is 9.38 Å². The summed E-state index contributed by atoms with van der Waals surface area (Å²) in [5.41, 5.74) is 3.68. The van der Waals surface area contributed by atoms with E-state index in [0.29, 0.717) is 22.6 Å². The number of nitrogens with one attached hydrogen (secondary N) is 1. The lowest BCUT2D eigenvalue weighted by Crippen LogP contribution is -2.15. The fourth-order valence-electron chi connectivity index (χ4n) is 3.18. The Morgan fingerprint density at radius 1 is 1.06 bits per heavy atom. The molecule has 7 nitrogen and oxygen atoms in total. The summed E-state index contributed by atoms with van der Waals surface area (Å²) in [5.74, 6) is -0.360. The lowest BCUT2D eigenvalue weighted by atomic mass is 10.1. The van der Waals surface area contributed by atoms with Gasteiger partial charge >= 0.3 is 5.97 Å². The number of esters is 1. The molecule has 0 radical (unpaired) electrons. The van der Waals surface area contributed by atoms with E-state index in [4.69, 9.17) is 9.47 Å². The molecule has 0 atom stereocenters. The molecule has 4 aromatic rings. The van der Waals surface area contributed by atoms with Crippen molar-refractivity contribution in [3.05, 3.63) is 95.4 Å². The number of aromatic nitrogens is 2. The third-order valence-electron chi connectivity index (χ3n) is 4.83. The van der Waals surface area contributed by atoms with Crippen LogP contribution in [-0.2, 0) is 11.3 Å².